The van der Waals surface area contributed by atoms with E-state index in [0.717, 1.165) is 51.4 Å². The van der Waals surface area contributed by atoms with E-state index >= 15 is 0 Å². The monoisotopic (exact) mass is 356 g/mol. The predicted molar refractivity (Wildman–Crippen MR) is 99.3 cm³/mol. The van der Waals surface area contributed by atoms with Crippen molar-refractivity contribution < 1.29 is 9.18 Å². The Hall–Kier alpha value is -1.42. The molecule has 0 saturated heterocycles. The first-order chi connectivity index (χ1) is 12.5. The molecule has 26 heavy (non-hydrogen) atoms. The molecular weight excluding hydrogens is 327 g/mol. The van der Waals surface area contributed by atoms with Crippen molar-refractivity contribution in [2.45, 2.75) is 68.9 Å². The molecule has 4 heteroatoms. The highest BCUT2D eigenvalue weighted by Crippen LogP contribution is 2.81. The van der Waals surface area contributed by atoms with Crippen LogP contribution in [-0.4, -0.2) is 24.7 Å². The number of carbonyl (C=O) groups excluding carboxylic acids is 1. The smallest absolute Gasteiger partial charge is 0.227 e. The van der Waals surface area contributed by atoms with E-state index in [2.05, 4.69) is 29.6 Å². The van der Waals surface area contributed by atoms with Crippen molar-refractivity contribution in [3.63, 3.8) is 0 Å². The van der Waals surface area contributed by atoms with Gasteiger partial charge in [-0.25, -0.2) is 0 Å². The van der Waals surface area contributed by atoms with Gasteiger partial charge in [0.15, 0.2) is 0 Å². The molecule has 0 aromatic heterocycles. The molecular formula is C22H29FN2O. The van der Waals surface area contributed by atoms with Crippen LogP contribution in [0.5, 0.6) is 0 Å². The van der Waals surface area contributed by atoms with E-state index in [4.69, 9.17) is 5.73 Å². The predicted octanol–water partition coefficient (Wildman–Crippen LogP) is 3.47. The van der Waals surface area contributed by atoms with Gasteiger partial charge in [-0.15, -0.1) is 0 Å². The maximum atomic E-state index is 14.4. The molecule has 0 heterocycles. The van der Waals surface area contributed by atoms with E-state index < -0.39 is 10.8 Å². The quantitative estimate of drug-likeness (QED) is 0.868. The lowest BCUT2D eigenvalue weighted by Crippen LogP contribution is -2.51. The molecule has 1 aromatic rings. The minimum Gasteiger partial charge on any atom is -0.353 e. The maximum Gasteiger partial charge on any atom is 0.227 e. The van der Waals surface area contributed by atoms with Crippen LogP contribution in [0.25, 0.3) is 0 Å². The Labute approximate surface area is 154 Å². The molecule has 0 spiro atoms. The fourth-order valence-electron chi connectivity index (χ4n) is 7.20. The van der Waals surface area contributed by atoms with Crippen LogP contribution in [0.3, 0.4) is 0 Å². The molecule has 6 rings (SSSR count). The lowest BCUT2D eigenvalue weighted by atomic mass is 9.68. The minimum atomic E-state index is -0.498. The highest BCUT2D eigenvalue weighted by molar-refractivity contribution is 5.86. The van der Waals surface area contributed by atoms with Crippen molar-refractivity contribution in [1.82, 2.24) is 5.32 Å². The summed E-state index contributed by atoms with van der Waals surface area (Å²) in [5.41, 5.74) is 6.39. The third kappa shape index (κ3) is 2.00. The van der Waals surface area contributed by atoms with Crippen molar-refractivity contribution in [2.24, 2.45) is 22.5 Å². The number of nitrogens with two attached hydrogens (primary N) is 1. The third-order valence-electron chi connectivity index (χ3n) is 8.45. The Balaban J connectivity index is 1.43. The molecule has 2 unspecified atom stereocenters. The summed E-state index contributed by atoms with van der Waals surface area (Å²) in [5.74, 6) is 0.583. The Morgan fingerprint density at radius 2 is 1.85 bits per heavy atom. The van der Waals surface area contributed by atoms with Gasteiger partial charge in [0, 0.05) is 17.5 Å². The largest absolute Gasteiger partial charge is 0.353 e. The summed E-state index contributed by atoms with van der Waals surface area (Å²) < 4.78 is 14.4. The third-order valence-corrected chi connectivity index (χ3v) is 8.45. The molecule has 3 nitrogen and oxygen atoms in total. The zero-order valence-corrected chi connectivity index (χ0v) is 15.3. The van der Waals surface area contributed by atoms with Crippen LogP contribution < -0.4 is 11.1 Å². The fourth-order valence-corrected chi connectivity index (χ4v) is 7.20. The summed E-state index contributed by atoms with van der Waals surface area (Å²) in [6, 6.07) is 11.0. The molecule has 0 aliphatic heterocycles. The summed E-state index contributed by atoms with van der Waals surface area (Å²) in [6.45, 7) is -0.360. The zero-order valence-electron chi connectivity index (χ0n) is 15.3. The van der Waals surface area contributed by atoms with Gasteiger partial charge in [-0.3, -0.25) is 9.18 Å². The molecule has 5 fully saturated rings. The van der Waals surface area contributed by atoms with Gasteiger partial charge < -0.3 is 11.1 Å². The van der Waals surface area contributed by atoms with Gasteiger partial charge in [0.25, 0.3) is 0 Å². The average molecular weight is 356 g/mol. The summed E-state index contributed by atoms with van der Waals surface area (Å²) >= 11 is 0. The standard InChI is InChI=1S/C22H29FN2O/c23-14-20-10-16-11-22(20,19(26)25-18-8-6-17(24)7-9-18)13-21(16,12-20)15-4-2-1-3-5-15/h1-5,16-18H,6-14,24H2,(H,25,26)/t16?,17-,18+,20-,21+,22?/m1/s1. The first kappa shape index (κ1) is 16.7. The van der Waals surface area contributed by atoms with Gasteiger partial charge in [-0.05, 0) is 68.3 Å². The van der Waals surface area contributed by atoms with Gasteiger partial charge in [0.2, 0.25) is 5.91 Å². The van der Waals surface area contributed by atoms with Gasteiger partial charge in [0.05, 0.1) is 12.1 Å². The summed E-state index contributed by atoms with van der Waals surface area (Å²) in [4.78, 5) is 13.4. The highest BCUT2D eigenvalue weighted by atomic mass is 19.1. The van der Waals surface area contributed by atoms with Crippen LogP contribution in [0.15, 0.2) is 30.3 Å². The summed E-state index contributed by atoms with van der Waals surface area (Å²) in [5, 5.41) is 3.32. The van der Waals surface area contributed by atoms with E-state index in [9.17, 15) is 9.18 Å². The molecule has 5 saturated carbocycles. The number of carbonyl (C=O) groups is 1. The second-order valence-electron chi connectivity index (χ2n) is 9.56. The molecule has 5 aliphatic rings. The maximum absolute atomic E-state index is 14.4. The van der Waals surface area contributed by atoms with Crippen LogP contribution >= 0.6 is 0 Å². The Morgan fingerprint density at radius 1 is 1.12 bits per heavy atom. The van der Waals surface area contributed by atoms with Gasteiger partial charge in [0.1, 0.15) is 0 Å². The molecule has 3 N–H and O–H groups in total. The number of halogens is 1. The topological polar surface area (TPSA) is 55.1 Å². The minimum absolute atomic E-state index is 0.0135. The molecule has 0 radical (unpaired) electrons. The highest BCUT2D eigenvalue weighted by Gasteiger charge is 2.80. The zero-order chi connectivity index (χ0) is 18.0. The number of hydrogen-bond donors (Lipinski definition) is 2. The lowest BCUT2D eigenvalue weighted by Gasteiger charge is -2.39. The van der Waals surface area contributed by atoms with Crippen molar-refractivity contribution >= 4 is 5.91 Å². The molecule has 5 aliphatic carbocycles. The average Bonchev–Trinajstić information content (AvgIpc) is 3.34. The van der Waals surface area contributed by atoms with Crippen molar-refractivity contribution in [3.05, 3.63) is 35.9 Å². The second kappa shape index (κ2) is 5.54. The summed E-state index contributed by atoms with van der Waals surface area (Å²) in [7, 11) is 0. The van der Waals surface area contributed by atoms with Crippen LogP contribution in [0.1, 0.15) is 56.9 Å². The van der Waals surface area contributed by atoms with E-state index in [0.29, 0.717) is 5.92 Å². The molecule has 1 aromatic carbocycles. The number of hydrogen-bond acceptors (Lipinski definition) is 2. The Kier molecular flexibility index (Phi) is 3.57. The fraction of sp³-hybridized carbons (Fsp3) is 0.682. The number of amides is 1. The van der Waals surface area contributed by atoms with Crippen LogP contribution in [0.2, 0.25) is 0 Å². The second-order valence-corrected chi connectivity index (χ2v) is 9.56. The van der Waals surface area contributed by atoms with Crippen LogP contribution in [-0.2, 0) is 10.2 Å². The van der Waals surface area contributed by atoms with Crippen LogP contribution in [0.4, 0.5) is 4.39 Å². The first-order valence-corrected chi connectivity index (χ1v) is 10.2. The normalized spacial score (nSPS) is 46.0. The van der Waals surface area contributed by atoms with Gasteiger partial charge in [-0.1, -0.05) is 30.3 Å². The van der Waals surface area contributed by atoms with Gasteiger partial charge in [-0.2, -0.15) is 0 Å². The number of alkyl halides is 1. The van der Waals surface area contributed by atoms with Crippen molar-refractivity contribution in [3.8, 4) is 0 Å². The molecule has 140 valence electrons. The Bertz CT molecular complexity index is 716. The Morgan fingerprint density at radius 3 is 2.54 bits per heavy atom. The van der Waals surface area contributed by atoms with Crippen molar-refractivity contribution in [2.75, 3.05) is 6.67 Å². The summed E-state index contributed by atoms with van der Waals surface area (Å²) in [6.07, 6.45) is 7.28. The van der Waals surface area contributed by atoms with E-state index in [1.807, 2.05) is 6.07 Å². The lowest BCUT2D eigenvalue weighted by molar-refractivity contribution is -0.137. The SMILES string of the molecule is N[C@H]1CC[C@@H](NC(=O)C23CC4C[C@]2(CF)C[C@@]4(c2ccccc2)C3)CC1. The molecule has 1 amide bonds. The number of rotatable bonds is 4. The van der Waals surface area contributed by atoms with Gasteiger partial charge >= 0.3 is 0 Å². The van der Waals surface area contributed by atoms with E-state index in [-0.39, 0.29) is 30.1 Å². The van der Waals surface area contributed by atoms with E-state index in [1.54, 1.807) is 0 Å². The first-order valence-electron chi connectivity index (χ1n) is 10.2. The van der Waals surface area contributed by atoms with Crippen molar-refractivity contribution in [1.29, 1.82) is 0 Å². The van der Waals surface area contributed by atoms with Crippen LogP contribution in [0, 0.1) is 16.7 Å². The number of benzene rings is 1. The number of nitrogens with one attached hydrogen (secondary N) is 1. The molecule has 4 bridgehead atoms. The van der Waals surface area contributed by atoms with E-state index in [1.165, 1.54) is 5.56 Å². The molecule has 4 atom stereocenters.